The smallest absolute Gasteiger partial charge is 0.157 e. The minimum absolute atomic E-state index is 0.00837. The molecule has 3 aliphatic carbocycles. The van der Waals surface area contributed by atoms with Crippen LogP contribution in [0.1, 0.15) is 57.4 Å². The highest BCUT2D eigenvalue weighted by molar-refractivity contribution is 5.83. The van der Waals surface area contributed by atoms with Crippen LogP contribution in [-0.2, 0) is 0 Å². The SMILES string of the molecule is COc1cc(-c2c(C)noc2C)ccc1-c1nc2cnccn2c1NC1(C)CC2CCC(C1)C(C)C2. The first-order valence-electron chi connectivity index (χ1n) is 13.1. The third-order valence-corrected chi connectivity index (χ3v) is 8.54. The van der Waals surface area contributed by atoms with Gasteiger partial charge in [-0.15, -0.1) is 0 Å². The van der Waals surface area contributed by atoms with Crippen molar-refractivity contribution in [2.24, 2.45) is 17.8 Å². The van der Waals surface area contributed by atoms with E-state index < -0.39 is 0 Å². The first-order chi connectivity index (χ1) is 17.3. The maximum absolute atomic E-state index is 5.92. The Morgan fingerprint density at radius 1 is 1.19 bits per heavy atom. The summed E-state index contributed by atoms with van der Waals surface area (Å²) >= 11 is 0. The summed E-state index contributed by atoms with van der Waals surface area (Å²) in [6, 6.07) is 6.26. The number of aromatic nitrogens is 4. The third kappa shape index (κ3) is 3.85. The van der Waals surface area contributed by atoms with E-state index in [0.29, 0.717) is 0 Å². The Morgan fingerprint density at radius 2 is 2.06 bits per heavy atom. The van der Waals surface area contributed by atoms with Crippen molar-refractivity contribution in [3.63, 3.8) is 0 Å². The molecule has 3 aromatic heterocycles. The number of ether oxygens (including phenoxy) is 1. The summed E-state index contributed by atoms with van der Waals surface area (Å²) in [5.41, 5.74) is 5.56. The number of nitrogens with one attached hydrogen (secondary N) is 1. The zero-order chi connectivity index (χ0) is 25.0. The van der Waals surface area contributed by atoms with E-state index >= 15 is 0 Å². The van der Waals surface area contributed by atoms with E-state index in [9.17, 15) is 0 Å². The lowest BCUT2D eigenvalue weighted by atomic mass is 9.76. The second kappa shape index (κ2) is 8.64. The van der Waals surface area contributed by atoms with Crippen LogP contribution in [-0.4, -0.2) is 32.2 Å². The number of hydrogen-bond acceptors (Lipinski definition) is 6. The number of nitrogens with zero attached hydrogens (tertiary/aromatic N) is 4. The molecular formula is C29H35N5O2. The molecule has 3 saturated carbocycles. The molecule has 0 amide bonds. The topological polar surface area (TPSA) is 77.5 Å². The minimum atomic E-state index is 0.00837. The van der Waals surface area contributed by atoms with Gasteiger partial charge in [-0.25, -0.2) is 4.98 Å². The van der Waals surface area contributed by atoms with Crippen molar-refractivity contribution in [2.75, 3.05) is 12.4 Å². The molecule has 36 heavy (non-hydrogen) atoms. The monoisotopic (exact) mass is 485 g/mol. The van der Waals surface area contributed by atoms with Crippen LogP contribution in [0.4, 0.5) is 5.82 Å². The van der Waals surface area contributed by atoms with Crippen molar-refractivity contribution in [3.8, 4) is 28.1 Å². The number of benzene rings is 1. The number of rotatable bonds is 5. The molecule has 4 unspecified atom stereocenters. The summed E-state index contributed by atoms with van der Waals surface area (Å²) in [7, 11) is 1.71. The molecule has 0 spiro atoms. The van der Waals surface area contributed by atoms with Crippen LogP contribution in [0.5, 0.6) is 5.75 Å². The van der Waals surface area contributed by atoms with Gasteiger partial charge in [0.15, 0.2) is 5.65 Å². The van der Waals surface area contributed by atoms with Crippen molar-refractivity contribution in [1.82, 2.24) is 19.5 Å². The van der Waals surface area contributed by atoms with E-state index in [0.717, 1.165) is 68.8 Å². The molecule has 1 N–H and O–H groups in total. The lowest BCUT2D eigenvalue weighted by Gasteiger charge is -2.33. The molecule has 7 nitrogen and oxygen atoms in total. The zero-order valence-electron chi connectivity index (χ0n) is 21.8. The molecule has 4 atom stereocenters. The maximum Gasteiger partial charge on any atom is 0.157 e. The molecule has 3 fully saturated rings. The van der Waals surface area contributed by atoms with Crippen LogP contribution in [0.2, 0.25) is 0 Å². The standard InChI is InChI=1S/C29H35N5O2/c1-17-12-20-6-7-22(17)15-29(4,14-20)32-28-27(31-25-16-30-10-11-34(25)28)23-9-8-21(13-24(23)35-5)26-18(2)33-36-19(26)3/h8-11,13,16-17,20,22,32H,6-7,12,14-15H2,1-5H3. The lowest BCUT2D eigenvalue weighted by Crippen LogP contribution is -2.37. The molecule has 3 heterocycles. The van der Waals surface area contributed by atoms with Gasteiger partial charge < -0.3 is 14.6 Å². The summed E-state index contributed by atoms with van der Waals surface area (Å²) < 4.78 is 13.5. The number of anilines is 1. The van der Waals surface area contributed by atoms with Gasteiger partial charge in [-0.3, -0.25) is 9.38 Å². The predicted octanol–water partition coefficient (Wildman–Crippen LogP) is 6.69. The van der Waals surface area contributed by atoms with Crippen LogP contribution < -0.4 is 10.1 Å². The fourth-order valence-corrected chi connectivity index (χ4v) is 6.90. The Morgan fingerprint density at radius 3 is 2.81 bits per heavy atom. The summed E-state index contributed by atoms with van der Waals surface area (Å²) in [5, 5.41) is 8.14. The molecule has 0 radical (unpaired) electrons. The molecule has 1 aromatic carbocycles. The van der Waals surface area contributed by atoms with Crippen molar-refractivity contribution in [2.45, 2.75) is 65.3 Å². The van der Waals surface area contributed by atoms with E-state index in [4.69, 9.17) is 14.2 Å². The van der Waals surface area contributed by atoms with Gasteiger partial charge in [-0.2, -0.15) is 0 Å². The average Bonchev–Trinajstić information content (AvgIpc) is 3.29. The average molecular weight is 486 g/mol. The largest absolute Gasteiger partial charge is 0.496 e. The van der Waals surface area contributed by atoms with Gasteiger partial charge in [-0.05, 0) is 81.9 Å². The van der Waals surface area contributed by atoms with E-state index in [-0.39, 0.29) is 5.54 Å². The minimum Gasteiger partial charge on any atom is -0.496 e. The Bertz CT molecular complexity index is 1400. The lowest BCUT2D eigenvalue weighted by molar-refractivity contribution is 0.219. The van der Waals surface area contributed by atoms with Crippen LogP contribution >= 0.6 is 0 Å². The summed E-state index contributed by atoms with van der Waals surface area (Å²) in [4.78, 5) is 9.37. The van der Waals surface area contributed by atoms with E-state index in [2.05, 4.69) is 51.9 Å². The first kappa shape index (κ1) is 23.1. The molecule has 0 saturated heterocycles. The summed E-state index contributed by atoms with van der Waals surface area (Å²) in [5.74, 6) is 4.93. The fraction of sp³-hybridized carbons (Fsp3) is 0.483. The van der Waals surface area contributed by atoms with Crippen LogP contribution in [0.3, 0.4) is 0 Å². The molecule has 188 valence electrons. The first-order valence-corrected chi connectivity index (χ1v) is 13.1. The summed E-state index contributed by atoms with van der Waals surface area (Å²) in [6.45, 7) is 8.75. The van der Waals surface area contributed by atoms with Gasteiger partial charge >= 0.3 is 0 Å². The van der Waals surface area contributed by atoms with Crippen LogP contribution in [0, 0.1) is 31.6 Å². The highest BCUT2D eigenvalue weighted by atomic mass is 16.5. The number of aryl methyl sites for hydroxylation is 2. The normalized spacial score (nSPS) is 25.8. The van der Waals surface area contributed by atoms with Crippen molar-refractivity contribution < 1.29 is 9.26 Å². The fourth-order valence-electron chi connectivity index (χ4n) is 6.90. The number of fused-ring (bicyclic) bond motifs is 5. The number of hydrogen-bond donors (Lipinski definition) is 1. The predicted molar refractivity (Wildman–Crippen MR) is 141 cm³/mol. The van der Waals surface area contributed by atoms with Gasteiger partial charge in [0.2, 0.25) is 0 Å². The number of methoxy groups -OCH3 is 1. The third-order valence-electron chi connectivity index (χ3n) is 8.54. The number of imidazole rings is 1. The van der Waals surface area contributed by atoms with E-state index in [1.54, 1.807) is 7.11 Å². The van der Waals surface area contributed by atoms with Crippen molar-refractivity contribution >= 4 is 11.5 Å². The van der Waals surface area contributed by atoms with Gasteiger partial charge in [0.25, 0.3) is 0 Å². The Labute approximate surface area is 212 Å². The quantitative estimate of drug-likeness (QED) is 0.339. The Kier molecular flexibility index (Phi) is 5.54. The molecule has 7 heteroatoms. The molecule has 7 rings (SSSR count). The molecule has 0 aliphatic heterocycles. The molecule has 4 aromatic rings. The zero-order valence-corrected chi connectivity index (χ0v) is 21.8. The van der Waals surface area contributed by atoms with Gasteiger partial charge in [-0.1, -0.05) is 24.6 Å². The van der Waals surface area contributed by atoms with E-state index in [1.165, 1.54) is 32.1 Å². The second-order valence-corrected chi connectivity index (χ2v) is 11.2. The summed E-state index contributed by atoms with van der Waals surface area (Å²) in [6.07, 6.45) is 12.1. The molecular weight excluding hydrogens is 450 g/mol. The van der Waals surface area contributed by atoms with Gasteiger partial charge in [0.05, 0.1) is 19.0 Å². The van der Waals surface area contributed by atoms with Gasteiger partial charge in [0, 0.05) is 29.1 Å². The van der Waals surface area contributed by atoms with Crippen LogP contribution in [0.15, 0.2) is 41.3 Å². The van der Waals surface area contributed by atoms with Crippen molar-refractivity contribution in [1.29, 1.82) is 0 Å². The Balaban J connectivity index is 1.45. The van der Waals surface area contributed by atoms with Crippen molar-refractivity contribution in [3.05, 3.63) is 48.2 Å². The van der Waals surface area contributed by atoms with Gasteiger partial charge in [0.1, 0.15) is 23.0 Å². The van der Waals surface area contributed by atoms with E-state index in [1.807, 2.05) is 32.4 Å². The highest BCUT2D eigenvalue weighted by Gasteiger charge is 2.42. The maximum atomic E-state index is 5.92. The second-order valence-electron chi connectivity index (χ2n) is 11.2. The molecule has 3 aliphatic rings. The molecule has 2 bridgehead atoms. The Hall–Kier alpha value is -3.35. The van der Waals surface area contributed by atoms with Crippen LogP contribution in [0.25, 0.3) is 28.0 Å². The highest BCUT2D eigenvalue weighted by Crippen LogP contribution is 2.48.